The standard InChI is InChI=1S/C26H43N3O4S/c1-16(2)27-23(30)22(20-15-18(5)11-12-19(20)6)29(17(3)4)24(31)21(13-14-34-10)28-25(32)33-26(7,8)9/h11-12,15-17,21-22H,13-14H2,1-10H3,(H,27,30)(H,28,32). The molecule has 2 atom stereocenters. The van der Waals surface area contributed by atoms with Crippen LogP contribution in [0.5, 0.6) is 0 Å². The molecule has 0 saturated carbocycles. The molecule has 1 aromatic rings. The first-order valence-electron chi connectivity index (χ1n) is 11.9. The molecule has 0 bridgehead atoms. The SMILES string of the molecule is CSCCC(NC(=O)OC(C)(C)C)C(=O)N(C(C)C)C(C(=O)NC(C)C)c1cc(C)ccc1C. The van der Waals surface area contributed by atoms with E-state index >= 15 is 0 Å². The van der Waals surface area contributed by atoms with E-state index in [-0.39, 0.29) is 23.9 Å². The topological polar surface area (TPSA) is 87.7 Å². The molecule has 0 aliphatic carbocycles. The predicted octanol–water partition coefficient (Wildman–Crippen LogP) is 4.75. The van der Waals surface area contributed by atoms with Crippen LogP contribution >= 0.6 is 11.8 Å². The van der Waals surface area contributed by atoms with Crippen LogP contribution in [0.15, 0.2) is 18.2 Å². The largest absolute Gasteiger partial charge is 0.444 e. The minimum Gasteiger partial charge on any atom is -0.444 e. The van der Waals surface area contributed by atoms with Crippen molar-refractivity contribution in [3.63, 3.8) is 0 Å². The molecule has 8 heteroatoms. The fraction of sp³-hybridized carbons (Fsp3) is 0.654. The summed E-state index contributed by atoms with van der Waals surface area (Å²) in [5.41, 5.74) is 2.02. The van der Waals surface area contributed by atoms with Gasteiger partial charge in [-0.25, -0.2) is 4.79 Å². The summed E-state index contributed by atoms with van der Waals surface area (Å²) in [6.07, 6.45) is 1.73. The maximum Gasteiger partial charge on any atom is 0.408 e. The number of carbonyl (C=O) groups excluding carboxylic acids is 3. The van der Waals surface area contributed by atoms with Crippen molar-refractivity contribution in [1.82, 2.24) is 15.5 Å². The number of ether oxygens (including phenoxy) is 1. The molecule has 0 aliphatic heterocycles. The molecule has 0 fully saturated rings. The summed E-state index contributed by atoms with van der Waals surface area (Å²) in [5, 5.41) is 5.74. The Balaban J connectivity index is 3.50. The van der Waals surface area contributed by atoms with E-state index in [1.54, 1.807) is 37.4 Å². The van der Waals surface area contributed by atoms with Crippen LogP contribution in [-0.2, 0) is 14.3 Å². The van der Waals surface area contributed by atoms with E-state index in [2.05, 4.69) is 10.6 Å². The lowest BCUT2D eigenvalue weighted by Crippen LogP contribution is -2.55. The third kappa shape index (κ3) is 9.20. The number of nitrogens with zero attached hydrogens (tertiary/aromatic N) is 1. The summed E-state index contributed by atoms with van der Waals surface area (Å²) in [7, 11) is 0. The molecule has 34 heavy (non-hydrogen) atoms. The second-order valence-electron chi connectivity index (χ2n) is 10.2. The van der Waals surface area contributed by atoms with Crippen LogP contribution in [0.2, 0.25) is 0 Å². The Morgan fingerprint density at radius 1 is 1.06 bits per heavy atom. The Bertz CT molecular complexity index is 849. The van der Waals surface area contributed by atoms with Gasteiger partial charge in [-0.1, -0.05) is 23.8 Å². The van der Waals surface area contributed by atoms with Gasteiger partial charge in [-0.05, 0) is 91.9 Å². The van der Waals surface area contributed by atoms with Gasteiger partial charge in [0.1, 0.15) is 17.7 Å². The highest BCUT2D eigenvalue weighted by molar-refractivity contribution is 7.98. The van der Waals surface area contributed by atoms with Crippen molar-refractivity contribution in [3.8, 4) is 0 Å². The van der Waals surface area contributed by atoms with Gasteiger partial charge in [-0.2, -0.15) is 11.8 Å². The van der Waals surface area contributed by atoms with E-state index in [1.807, 2.05) is 66.0 Å². The second-order valence-corrected chi connectivity index (χ2v) is 11.2. The van der Waals surface area contributed by atoms with Gasteiger partial charge < -0.3 is 20.3 Å². The van der Waals surface area contributed by atoms with Crippen molar-refractivity contribution in [2.75, 3.05) is 12.0 Å². The summed E-state index contributed by atoms with van der Waals surface area (Å²) in [6.45, 7) is 16.8. The zero-order valence-corrected chi connectivity index (χ0v) is 23.3. The average molecular weight is 494 g/mol. The Morgan fingerprint density at radius 2 is 1.68 bits per heavy atom. The fourth-order valence-corrected chi connectivity index (χ4v) is 4.11. The van der Waals surface area contributed by atoms with Crippen LogP contribution < -0.4 is 10.6 Å². The summed E-state index contributed by atoms with van der Waals surface area (Å²) in [5.74, 6) is 0.121. The molecule has 2 unspecified atom stereocenters. The number of nitrogens with one attached hydrogen (secondary N) is 2. The first kappa shape index (κ1) is 29.8. The number of amides is 3. The van der Waals surface area contributed by atoms with Crippen LogP contribution in [0.1, 0.15) is 77.6 Å². The quantitative estimate of drug-likeness (QED) is 0.491. The zero-order valence-electron chi connectivity index (χ0n) is 22.4. The molecule has 0 spiro atoms. The van der Waals surface area contributed by atoms with Crippen molar-refractivity contribution in [1.29, 1.82) is 0 Å². The van der Waals surface area contributed by atoms with E-state index in [9.17, 15) is 14.4 Å². The van der Waals surface area contributed by atoms with Gasteiger partial charge in [0.15, 0.2) is 0 Å². The van der Waals surface area contributed by atoms with Gasteiger partial charge in [0.05, 0.1) is 0 Å². The van der Waals surface area contributed by atoms with Gasteiger partial charge in [-0.3, -0.25) is 9.59 Å². The van der Waals surface area contributed by atoms with Crippen molar-refractivity contribution in [2.45, 2.75) is 98.5 Å². The average Bonchev–Trinajstić information content (AvgIpc) is 2.68. The Labute approximate surface area is 209 Å². The summed E-state index contributed by atoms with van der Waals surface area (Å²) in [4.78, 5) is 41.6. The van der Waals surface area contributed by atoms with Crippen molar-refractivity contribution < 1.29 is 19.1 Å². The number of aryl methyl sites for hydroxylation is 2. The molecule has 0 aliphatic rings. The molecule has 0 saturated heterocycles. The molecular formula is C26H43N3O4S. The second kappa shape index (κ2) is 13.0. The first-order valence-corrected chi connectivity index (χ1v) is 13.3. The van der Waals surface area contributed by atoms with Crippen LogP contribution in [0.25, 0.3) is 0 Å². The number of hydrogen-bond donors (Lipinski definition) is 2. The molecular weight excluding hydrogens is 450 g/mol. The Morgan fingerprint density at radius 3 is 2.18 bits per heavy atom. The Kier molecular flexibility index (Phi) is 11.4. The number of benzene rings is 1. The minimum atomic E-state index is -0.827. The van der Waals surface area contributed by atoms with Crippen molar-refractivity contribution in [3.05, 3.63) is 34.9 Å². The molecule has 0 radical (unpaired) electrons. The molecule has 1 rings (SSSR count). The van der Waals surface area contributed by atoms with E-state index in [4.69, 9.17) is 4.74 Å². The first-order chi connectivity index (χ1) is 15.7. The lowest BCUT2D eigenvalue weighted by molar-refractivity contribution is -0.144. The maximum absolute atomic E-state index is 14.0. The zero-order chi connectivity index (χ0) is 26.2. The number of hydrogen-bond acceptors (Lipinski definition) is 5. The van der Waals surface area contributed by atoms with E-state index < -0.39 is 23.8 Å². The van der Waals surface area contributed by atoms with E-state index in [0.717, 1.165) is 16.7 Å². The van der Waals surface area contributed by atoms with E-state index in [1.165, 1.54) is 0 Å². The van der Waals surface area contributed by atoms with Crippen LogP contribution in [0.4, 0.5) is 4.79 Å². The van der Waals surface area contributed by atoms with E-state index in [0.29, 0.717) is 12.2 Å². The lowest BCUT2D eigenvalue weighted by Gasteiger charge is -2.38. The molecule has 1 aromatic carbocycles. The fourth-order valence-electron chi connectivity index (χ4n) is 3.64. The molecule has 3 amide bonds. The normalized spacial score (nSPS) is 13.4. The van der Waals surface area contributed by atoms with Crippen LogP contribution in [-0.4, -0.2) is 58.5 Å². The van der Waals surface area contributed by atoms with Crippen LogP contribution in [0, 0.1) is 13.8 Å². The van der Waals surface area contributed by atoms with Crippen molar-refractivity contribution >= 4 is 29.7 Å². The van der Waals surface area contributed by atoms with Gasteiger partial charge in [0.2, 0.25) is 11.8 Å². The number of carbonyl (C=O) groups is 3. The molecule has 0 heterocycles. The molecule has 2 N–H and O–H groups in total. The summed E-state index contributed by atoms with van der Waals surface area (Å²) >= 11 is 1.59. The third-order valence-corrected chi connectivity index (χ3v) is 5.74. The van der Waals surface area contributed by atoms with Crippen molar-refractivity contribution in [2.24, 2.45) is 0 Å². The number of thioether (sulfide) groups is 1. The Hall–Kier alpha value is -2.22. The summed E-state index contributed by atoms with van der Waals surface area (Å²) < 4.78 is 5.41. The molecule has 7 nitrogen and oxygen atoms in total. The predicted molar refractivity (Wildman–Crippen MR) is 140 cm³/mol. The molecule has 192 valence electrons. The third-order valence-electron chi connectivity index (χ3n) is 5.10. The van der Waals surface area contributed by atoms with Gasteiger partial charge in [0, 0.05) is 12.1 Å². The lowest BCUT2D eigenvalue weighted by atomic mass is 9.95. The highest BCUT2D eigenvalue weighted by Crippen LogP contribution is 2.29. The van der Waals surface area contributed by atoms with Gasteiger partial charge >= 0.3 is 6.09 Å². The van der Waals surface area contributed by atoms with Gasteiger partial charge in [-0.15, -0.1) is 0 Å². The highest BCUT2D eigenvalue weighted by Gasteiger charge is 2.38. The maximum atomic E-state index is 14.0. The van der Waals surface area contributed by atoms with Gasteiger partial charge in [0.25, 0.3) is 0 Å². The molecule has 0 aromatic heterocycles. The minimum absolute atomic E-state index is 0.0867. The monoisotopic (exact) mass is 493 g/mol. The highest BCUT2D eigenvalue weighted by atomic mass is 32.2. The smallest absolute Gasteiger partial charge is 0.408 e. The summed E-state index contributed by atoms with van der Waals surface area (Å²) in [6, 6.07) is 3.90. The van der Waals surface area contributed by atoms with Crippen LogP contribution in [0.3, 0.4) is 0 Å². The number of rotatable bonds is 10. The number of alkyl carbamates (subject to hydrolysis) is 1.